The summed E-state index contributed by atoms with van der Waals surface area (Å²) in [6, 6.07) is 8.15. The first-order chi connectivity index (χ1) is 9.52. The van der Waals surface area contributed by atoms with Crippen LogP contribution < -0.4 is 10.5 Å². The molecule has 0 bridgehead atoms. The van der Waals surface area contributed by atoms with Gasteiger partial charge in [0.1, 0.15) is 5.75 Å². The van der Waals surface area contributed by atoms with Crippen LogP contribution in [0.1, 0.15) is 31.7 Å². The highest BCUT2D eigenvalue weighted by molar-refractivity contribution is 5.75. The molecule has 0 aliphatic carbocycles. The van der Waals surface area contributed by atoms with Gasteiger partial charge in [0.15, 0.2) is 0 Å². The van der Waals surface area contributed by atoms with Crippen LogP contribution in [0.3, 0.4) is 0 Å². The van der Waals surface area contributed by atoms with Crippen molar-refractivity contribution in [3.8, 4) is 5.75 Å². The van der Waals surface area contributed by atoms with Crippen LogP contribution in [0.5, 0.6) is 5.75 Å². The van der Waals surface area contributed by atoms with Gasteiger partial charge in [0.25, 0.3) is 0 Å². The average molecular weight is 278 g/mol. The van der Waals surface area contributed by atoms with Crippen molar-refractivity contribution in [2.45, 2.75) is 38.6 Å². The lowest BCUT2D eigenvalue weighted by Gasteiger charge is -2.17. The molecule has 0 spiro atoms. The molecular weight excluding hydrogens is 252 g/mol. The zero-order chi connectivity index (χ0) is 15.0. The first kappa shape index (κ1) is 16.5. The lowest BCUT2D eigenvalue weighted by atomic mass is 10.1. The standard InChI is InChI=1S/C16H26N2O2/c1-13(17)6-11-16(19)18(2)12-4-5-14-7-9-15(20-3)10-8-14/h7-10,13H,4-6,11-12,17H2,1-3H3. The molecule has 4 nitrogen and oxygen atoms in total. The second kappa shape index (κ2) is 8.59. The second-order valence-corrected chi connectivity index (χ2v) is 5.28. The zero-order valence-electron chi connectivity index (χ0n) is 12.8. The molecule has 20 heavy (non-hydrogen) atoms. The summed E-state index contributed by atoms with van der Waals surface area (Å²) in [5.74, 6) is 1.05. The van der Waals surface area contributed by atoms with E-state index in [1.165, 1.54) is 5.56 Å². The van der Waals surface area contributed by atoms with Crippen LogP contribution in [0.15, 0.2) is 24.3 Å². The molecule has 0 heterocycles. The van der Waals surface area contributed by atoms with Crippen molar-refractivity contribution in [1.82, 2.24) is 4.90 Å². The highest BCUT2D eigenvalue weighted by atomic mass is 16.5. The third-order valence-corrected chi connectivity index (χ3v) is 3.36. The summed E-state index contributed by atoms with van der Waals surface area (Å²) in [4.78, 5) is 13.6. The summed E-state index contributed by atoms with van der Waals surface area (Å²) in [6.45, 7) is 2.71. The maximum absolute atomic E-state index is 11.8. The quantitative estimate of drug-likeness (QED) is 0.793. The summed E-state index contributed by atoms with van der Waals surface area (Å²) >= 11 is 0. The monoisotopic (exact) mass is 278 g/mol. The van der Waals surface area contributed by atoms with Crippen LogP contribution in [0.25, 0.3) is 0 Å². The van der Waals surface area contributed by atoms with Crippen molar-refractivity contribution in [2.75, 3.05) is 20.7 Å². The summed E-state index contributed by atoms with van der Waals surface area (Å²) in [5, 5.41) is 0. The Bertz CT molecular complexity index is 401. The van der Waals surface area contributed by atoms with Crippen LogP contribution in [0, 0.1) is 0 Å². The van der Waals surface area contributed by atoms with Crippen molar-refractivity contribution in [2.24, 2.45) is 5.73 Å². The number of methoxy groups -OCH3 is 1. The maximum Gasteiger partial charge on any atom is 0.222 e. The van der Waals surface area contributed by atoms with Gasteiger partial charge in [-0.05, 0) is 43.9 Å². The number of hydrogen-bond acceptors (Lipinski definition) is 3. The normalized spacial score (nSPS) is 12.0. The minimum Gasteiger partial charge on any atom is -0.497 e. The highest BCUT2D eigenvalue weighted by Crippen LogP contribution is 2.12. The maximum atomic E-state index is 11.8. The van der Waals surface area contributed by atoms with Gasteiger partial charge < -0.3 is 15.4 Å². The first-order valence-electron chi connectivity index (χ1n) is 7.15. The van der Waals surface area contributed by atoms with E-state index in [1.807, 2.05) is 26.1 Å². The van der Waals surface area contributed by atoms with Crippen molar-refractivity contribution in [1.29, 1.82) is 0 Å². The van der Waals surface area contributed by atoms with Crippen molar-refractivity contribution >= 4 is 5.91 Å². The smallest absolute Gasteiger partial charge is 0.222 e. The number of aryl methyl sites for hydroxylation is 1. The predicted octanol–water partition coefficient (Wildman–Crippen LogP) is 2.21. The molecule has 1 amide bonds. The van der Waals surface area contributed by atoms with Crippen molar-refractivity contribution < 1.29 is 9.53 Å². The van der Waals surface area contributed by atoms with Gasteiger partial charge in [-0.1, -0.05) is 12.1 Å². The van der Waals surface area contributed by atoms with Crippen LogP contribution in [-0.2, 0) is 11.2 Å². The molecule has 4 heteroatoms. The van der Waals surface area contributed by atoms with Crippen LogP contribution >= 0.6 is 0 Å². The number of rotatable bonds is 8. The molecule has 0 aliphatic rings. The molecule has 0 saturated heterocycles. The fourth-order valence-corrected chi connectivity index (χ4v) is 1.98. The highest BCUT2D eigenvalue weighted by Gasteiger charge is 2.09. The fourth-order valence-electron chi connectivity index (χ4n) is 1.98. The fraction of sp³-hybridized carbons (Fsp3) is 0.562. The zero-order valence-corrected chi connectivity index (χ0v) is 12.8. The largest absolute Gasteiger partial charge is 0.497 e. The minimum absolute atomic E-state index is 0.0895. The lowest BCUT2D eigenvalue weighted by molar-refractivity contribution is -0.130. The van der Waals surface area contributed by atoms with Gasteiger partial charge in [-0.25, -0.2) is 0 Å². The van der Waals surface area contributed by atoms with Gasteiger partial charge in [-0.15, -0.1) is 0 Å². The molecule has 0 aliphatic heterocycles. The summed E-state index contributed by atoms with van der Waals surface area (Å²) < 4.78 is 5.13. The van der Waals surface area contributed by atoms with E-state index < -0.39 is 0 Å². The van der Waals surface area contributed by atoms with Crippen LogP contribution in [0.2, 0.25) is 0 Å². The molecule has 0 fully saturated rings. The van der Waals surface area contributed by atoms with E-state index >= 15 is 0 Å². The van der Waals surface area contributed by atoms with Crippen molar-refractivity contribution in [3.05, 3.63) is 29.8 Å². The Morgan fingerprint density at radius 2 is 2.00 bits per heavy atom. The first-order valence-corrected chi connectivity index (χ1v) is 7.15. The van der Waals surface area contributed by atoms with E-state index in [2.05, 4.69) is 12.1 Å². The molecule has 1 aromatic rings. The number of nitrogens with two attached hydrogens (primary N) is 1. The van der Waals surface area contributed by atoms with Gasteiger partial charge in [0.2, 0.25) is 5.91 Å². The van der Waals surface area contributed by atoms with Gasteiger partial charge in [-0.2, -0.15) is 0 Å². The SMILES string of the molecule is COc1ccc(CCCN(C)C(=O)CCC(C)N)cc1. The molecule has 0 radical (unpaired) electrons. The summed E-state index contributed by atoms with van der Waals surface area (Å²) in [7, 11) is 3.52. The number of hydrogen-bond donors (Lipinski definition) is 1. The summed E-state index contributed by atoms with van der Waals surface area (Å²) in [6.07, 6.45) is 3.22. The third kappa shape index (κ3) is 6.06. The van der Waals surface area contributed by atoms with E-state index in [-0.39, 0.29) is 11.9 Å². The Balaban J connectivity index is 2.26. The van der Waals surface area contributed by atoms with E-state index in [9.17, 15) is 4.79 Å². The molecule has 2 N–H and O–H groups in total. The molecule has 112 valence electrons. The van der Waals surface area contributed by atoms with Gasteiger partial charge >= 0.3 is 0 Å². The van der Waals surface area contributed by atoms with Crippen LogP contribution in [0.4, 0.5) is 0 Å². The number of carbonyl (C=O) groups excluding carboxylic acids is 1. The van der Waals surface area contributed by atoms with E-state index in [4.69, 9.17) is 10.5 Å². The Morgan fingerprint density at radius 3 is 2.55 bits per heavy atom. The molecule has 1 rings (SSSR count). The van der Waals surface area contributed by atoms with E-state index in [1.54, 1.807) is 12.0 Å². The lowest BCUT2D eigenvalue weighted by Crippen LogP contribution is -2.29. The molecular formula is C16H26N2O2. The molecule has 0 aromatic heterocycles. The number of nitrogens with zero attached hydrogens (tertiary/aromatic N) is 1. The van der Waals surface area contributed by atoms with Crippen molar-refractivity contribution in [3.63, 3.8) is 0 Å². The van der Waals surface area contributed by atoms with E-state index in [0.717, 1.165) is 31.6 Å². The number of amides is 1. The topological polar surface area (TPSA) is 55.6 Å². The molecule has 1 aromatic carbocycles. The Hall–Kier alpha value is -1.55. The minimum atomic E-state index is 0.0895. The predicted molar refractivity (Wildman–Crippen MR) is 81.8 cm³/mol. The van der Waals surface area contributed by atoms with Gasteiger partial charge in [-0.3, -0.25) is 4.79 Å². The molecule has 1 atom stereocenters. The Morgan fingerprint density at radius 1 is 1.35 bits per heavy atom. The third-order valence-electron chi connectivity index (χ3n) is 3.36. The van der Waals surface area contributed by atoms with Gasteiger partial charge in [0.05, 0.1) is 7.11 Å². The van der Waals surface area contributed by atoms with Crippen LogP contribution in [-0.4, -0.2) is 37.6 Å². The molecule has 1 unspecified atom stereocenters. The second-order valence-electron chi connectivity index (χ2n) is 5.28. The number of carbonyl (C=O) groups is 1. The summed E-state index contributed by atoms with van der Waals surface area (Å²) in [5.41, 5.74) is 6.93. The Labute approximate surface area is 121 Å². The number of ether oxygens (including phenoxy) is 1. The Kier molecular flexibility index (Phi) is 7.09. The van der Waals surface area contributed by atoms with E-state index in [0.29, 0.717) is 6.42 Å². The van der Waals surface area contributed by atoms with Gasteiger partial charge in [0, 0.05) is 26.1 Å². The number of benzene rings is 1. The average Bonchev–Trinajstić information content (AvgIpc) is 2.45. The molecule has 0 saturated carbocycles.